The summed E-state index contributed by atoms with van der Waals surface area (Å²) in [6.07, 6.45) is 5.03. The Morgan fingerprint density at radius 3 is 2.48 bits per heavy atom. The Bertz CT molecular complexity index is 914. The smallest absolute Gasteiger partial charge is 0.373 e. The van der Waals surface area contributed by atoms with Gasteiger partial charge in [-0.25, -0.2) is 0 Å². The number of carbonyl (C=O) groups is 1. The van der Waals surface area contributed by atoms with Gasteiger partial charge in [-0.2, -0.15) is 9.59 Å². The Morgan fingerprint density at radius 2 is 1.90 bits per heavy atom. The summed E-state index contributed by atoms with van der Waals surface area (Å²) in [7, 11) is 0. The standard InChI is InChI=1S/C23H33N3O2.CO2/c1-5-18(14(2)3)23(27)26-16-9-11-17(12-10-16)28-21-8-6-7-20-22(21)19(24)13-15(4)25-20;2-1-3/h6-8,13-14,16-18H,5,9-12H2,1-4H3,(H2,24,25)(H,26,27);/t16?,17?,18-;/m0./s1. The second kappa shape index (κ2) is 11.5. The molecule has 0 saturated heterocycles. The Hall–Kier alpha value is -2.92. The fraction of sp³-hybridized carbons (Fsp3) is 0.542. The van der Waals surface area contributed by atoms with Crippen molar-refractivity contribution < 1.29 is 19.1 Å². The Kier molecular flexibility index (Phi) is 9.01. The van der Waals surface area contributed by atoms with Crippen molar-refractivity contribution >= 4 is 28.6 Å². The van der Waals surface area contributed by atoms with Crippen LogP contribution in [-0.2, 0) is 14.4 Å². The second-order valence-corrected chi connectivity index (χ2v) is 8.45. The molecular formula is C24H33N3O4. The van der Waals surface area contributed by atoms with E-state index in [1.165, 1.54) is 0 Å². The van der Waals surface area contributed by atoms with Gasteiger partial charge in [0, 0.05) is 23.3 Å². The molecule has 1 fully saturated rings. The molecule has 0 aliphatic heterocycles. The zero-order valence-electron chi connectivity index (χ0n) is 18.8. The molecule has 1 aliphatic rings. The predicted molar refractivity (Wildman–Crippen MR) is 119 cm³/mol. The van der Waals surface area contributed by atoms with Gasteiger partial charge in [0.2, 0.25) is 5.91 Å². The van der Waals surface area contributed by atoms with E-state index >= 15 is 0 Å². The number of pyridine rings is 1. The number of rotatable bonds is 6. The first kappa shape index (κ1) is 24.4. The molecule has 0 bridgehead atoms. The lowest BCUT2D eigenvalue weighted by molar-refractivity contribution is -0.191. The average molecular weight is 428 g/mol. The van der Waals surface area contributed by atoms with Crippen LogP contribution in [-0.4, -0.2) is 29.2 Å². The van der Waals surface area contributed by atoms with Crippen molar-refractivity contribution in [3.05, 3.63) is 30.0 Å². The molecule has 3 rings (SSSR count). The largest absolute Gasteiger partial charge is 0.490 e. The summed E-state index contributed by atoms with van der Waals surface area (Å²) in [5, 5.41) is 4.15. The van der Waals surface area contributed by atoms with Crippen molar-refractivity contribution in [2.24, 2.45) is 11.8 Å². The van der Waals surface area contributed by atoms with Crippen LogP contribution >= 0.6 is 0 Å². The number of benzene rings is 1. The number of aryl methyl sites for hydroxylation is 1. The maximum Gasteiger partial charge on any atom is 0.373 e. The molecule has 1 amide bonds. The second-order valence-electron chi connectivity index (χ2n) is 8.45. The highest BCUT2D eigenvalue weighted by Gasteiger charge is 2.27. The summed E-state index contributed by atoms with van der Waals surface area (Å²) < 4.78 is 6.32. The van der Waals surface area contributed by atoms with Crippen LogP contribution in [0.2, 0.25) is 0 Å². The normalized spacial score (nSPS) is 19.1. The lowest BCUT2D eigenvalue weighted by Crippen LogP contribution is -2.43. The van der Waals surface area contributed by atoms with Gasteiger partial charge in [0.1, 0.15) is 5.75 Å². The number of nitrogen functional groups attached to an aromatic ring is 1. The third-order valence-electron chi connectivity index (χ3n) is 5.85. The molecule has 1 heterocycles. The fourth-order valence-electron chi connectivity index (χ4n) is 4.29. The zero-order chi connectivity index (χ0) is 23.0. The van der Waals surface area contributed by atoms with Crippen LogP contribution < -0.4 is 15.8 Å². The molecule has 1 aliphatic carbocycles. The van der Waals surface area contributed by atoms with Crippen molar-refractivity contribution in [2.75, 3.05) is 5.73 Å². The van der Waals surface area contributed by atoms with E-state index in [0.29, 0.717) is 11.6 Å². The minimum atomic E-state index is 0.101. The van der Waals surface area contributed by atoms with E-state index in [1.54, 1.807) is 0 Å². The van der Waals surface area contributed by atoms with Crippen LogP contribution in [0.1, 0.15) is 58.6 Å². The molecule has 2 aromatic rings. The molecule has 1 aromatic carbocycles. The van der Waals surface area contributed by atoms with Crippen molar-refractivity contribution in [1.29, 1.82) is 0 Å². The Labute approximate surface area is 183 Å². The molecule has 0 spiro atoms. The molecule has 0 unspecified atom stereocenters. The van der Waals surface area contributed by atoms with Gasteiger partial charge in [0.25, 0.3) is 0 Å². The van der Waals surface area contributed by atoms with E-state index in [-0.39, 0.29) is 30.1 Å². The minimum absolute atomic E-state index is 0.101. The molecule has 3 N–H and O–H groups in total. The molecular weight excluding hydrogens is 394 g/mol. The highest BCUT2D eigenvalue weighted by Crippen LogP contribution is 2.33. The summed E-state index contributed by atoms with van der Waals surface area (Å²) in [5.41, 5.74) is 8.72. The maximum absolute atomic E-state index is 12.5. The number of hydrogen-bond acceptors (Lipinski definition) is 6. The van der Waals surface area contributed by atoms with Gasteiger partial charge < -0.3 is 15.8 Å². The SMILES string of the molecule is CC[C@H](C(=O)NC1CCC(Oc2cccc3nc(C)cc(N)c23)CC1)C(C)C.O=C=O. The van der Waals surface area contributed by atoms with Crippen molar-refractivity contribution in [1.82, 2.24) is 10.3 Å². The molecule has 168 valence electrons. The van der Waals surface area contributed by atoms with E-state index in [2.05, 4.69) is 31.1 Å². The molecule has 1 aromatic heterocycles. The minimum Gasteiger partial charge on any atom is -0.490 e. The fourth-order valence-corrected chi connectivity index (χ4v) is 4.29. The number of hydrogen-bond donors (Lipinski definition) is 2. The maximum atomic E-state index is 12.5. The summed E-state index contributed by atoms with van der Waals surface area (Å²) in [6, 6.07) is 8.05. The quantitative estimate of drug-likeness (QED) is 0.720. The molecule has 1 atom stereocenters. The molecule has 31 heavy (non-hydrogen) atoms. The van der Waals surface area contributed by atoms with E-state index in [0.717, 1.165) is 54.5 Å². The van der Waals surface area contributed by atoms with E-state index in [4.69, 9.17) is 20.1 Å². The first-order valence-electron chi connectivity index (χ1n) is 10.9. The average Bonchev–Trinajstić information content (AvgIpc) is 2.70. The highest BCUT2D eigenvalue weighted by molar-refractivity contribution is 5.95. The number of aromatic nitrogens is 1. The number of amides is 1. The van der Waals surface area contributed by atoms with Crippen molar-refractivity contribution in [3.8, 4) is 5.75 Å². The Balaban J connectivity index is 0.00000107. The van der Waals surface area contributed by atoms with Crippen LogP contribution in [0.25, 0.3) is 10.9 Å². The van der Waals surface area contributed by atoms with Gasteiger partial charge in [-0.15, -0.1) is 0 Å². The van der Waals surface area contributed by atoms with Crippen LogP contribution in [0.5, 0.6) is 5.75 Å². The number of nitrogens with zero attached hydrogens (tertiary/aromatic N) is 1. The Morgan fingerprint density at radius 1 is 1.26 bits per heavy atom. The van der Waals surface area contributed by atoms with Crippen LogP contribution in [0, 0.1) is 18.8 Å². The van der Waals surface area contributed by atoms with E-state index < -0.39 is 0 Å². The lowest BCUT2D eigenvalue weighted by atomic mass is 9.89. The zero-order valence-corrected chi connectivity index (χ0v) is 18.8. The van der Waals surface area contributed by atoms with Gasteiger partial charge in [0.05, 0.1) is 17.0 Å². The van der Waals surface area contributed by atoms with Gasteiger partial charge in [-0.1, -0.05) is 26.8 Å². The van der Waals surface area contributed by atoms with Gasteiger partial charge in [-0.3, -0.25) is 9.78 Å². The third-order valence-corrected chi connectivity index (χ3v) is 5.85. The van der Waals surface area contributed by atoms with Crippen molar-refractivity contribution in [2.45, 2.75) is 71.9 Å². The molecule has 7 nitrogen and oxygen atoms in total. The summed E-state index contributed by atoms with van der Waals surface area (Å²) in [5.74, 6) is 1.48. The van der Waals surface area contributed by atoms with Crippen LogP contribution in [0.15, 0.2) is 24.3 Å². The number of fused-ring (bicyclic) bond motifs is 1. The molecule has 0 radical (unpaired) electrons. The van der Waals surface area contributed by atoms with Crippen molar-refractivity contribution in [3.63, 3.8) is 0 Å². The summed E-state index contributed by atoms with van der Waals surface area (Å²) in [6.45, 7) is 8.26. The topological polar surface area (TPSA) is 111 Å². The van der Waals surface area contributed by atoms with E-state index in [1.807, 2.05) is 31.2 Å². The first-order valence-corrected chi connectivity index (χ1v) is 10.9. The first-order chi connectivity index (χ1) is 14.8. The predicted octanol–water partition coefficient (Wildman–Crippen LogP) is 4.03. The highest BCUT2D eigenvalue weighted by atomic mass is 16.5. The number of carbonyl (C=O) groups excluding carboxylic acids is 3. The van der Waals surface area contributed by atoms with Gasteiger partial charge in [0.15, 0.2) is 0 Å². The molecule has 1 saturated carbocycles. The number of anilines is 1. The van der Waals surface area contributed by atoms with Crippen LogP contribution in [0.3, 0.4) is 0 Å². The lowest BCUT2D eigenvalue weighted by Gasteiger charge is -2.31. The van der Waals surface area contributed by atoms with Crippen LogP contribution in [0.4, 0.5) is 5.69 Å². The van der Waals surface area contributed by atoms with Gasteiger partial charge in [-0.05, 0) is 63.1 Å². The molecule has 7 heteroatoms. The third kappa shape index (κ3) is 6.53. The number of ether oxygens (including phenoxy) is 1. The summed E-state index contributed by atoms with van der Waals surface area (Å²) >= 11 is 0. The summed E-state index contributed by atoms with van der Waals surface area (Å²) in [4.78, 5) is 33.3. The number of nitrogens with one attached hydrogen (secondary N) is 1. The monoisotopic (exact) mass is 427 g/mol. The van der Waals surface area contributed by atoms with E-state index in [9.17, 15) is 4.79 Å². The number of nitrogens with two attached hydrogens (primary N) is 1. The van der Waals surface area contributed by atoms with Gasteiger partial charge >= 0.3 is 6.15 Å².